The van der Waals surface area contributed by atoms with E-state index in [0.717, 1.165) is 37.9 Å². The van der Waals surface area contributed by atoms with Gasteiger partial charge < -0.3 is 4.74 Å². The maximum atomic E-state index is 12.3. The third-order valence-electron chi connectivity index (χ3n) is 5.30. The van der Waals surface area contributed by atoms with Crippen molar-refractivity contribution in [3.8, 4) is 5.75 Å². The van der Waals surface area contributed by atoms with E-state index in [1.165, 1.54) is 0 Å². The summed E-state index contributed by atoms with van der Waals surface area (Å²) in [7, 11) is 0. The molecular weight excluding hydrogens is 384 g/mol. The first-order valence-electron chi connectivity index (χ1n) is 10.1. The van der Waals surface area contributed by atoms with Gasteiger partial charge in [-0.2, -0.15) is 5.10 Å². The Balaban J connectivity index is 1.34. The molecule has 0 aliphatic heterocycles. The van der Waals surface area contributed by atoms with E-state index < -0.39 is 0 Å². The van der Waals surface area contributed by atoms with Crippen molar-refractivity contribution < 1.29 is 9.53 Å². The van der Waals surface area contributed by atoms with Gasteiger partial charge in [0, 0.05) is 10.9 Å². The summed E-state index contributed by atoms with van der Waals surface area (Å²) >= 11 is 0. The summed E-state index contributed by atoms with van der Waals surface area (Å²) in [4.78, 5) is 12.3. The van der Waals surface area contributed by atoms with Gasteiger partial charge >= 0.3 is 0 Å². The van der Waals surface area contributed by atoms with Crippen LogP contribution in [0.2, 0.25) is 0 Å². The van der Waals surface area contributed by atoms with Gasteiger partial charge in [0.15, 0.2) is 6.61 Å². The molecule has 1 amide bonds. The molecule has 5 rings (SSSR count). The zero-order valence-corrected chi connectivity index (χ0v) is 16.8. The molecule has 4 heteroatoms. The predicted octanol–water partition coefficient (Wildman–Crippen LogP) is 5.68. The van der Waals surface area contributed by atoms with Gasteiger partial charge in [0.1, 0.15) is 5.75 Å². The molecule has 31 heavy (non-hydrogen) atoms. The number of hydrogen-bond donors (Lipinski definition) is 1. The number of benzene rings is 5. The van der Waals surface area contributed by atoms with E-state index in [0.29, 0.717) is 5.75 Å². The van der Waals surface area contributed by atoms with Crippen molar-refractivity contribution in [2.24, 2.45) is 5.10 Å². The van der Waals surface area contributed by atoms with Crippen molar-refractivity contribution in [2.45, 2.75) is 0 Å². The van der Waals surface area contributed by atoms with Crippen LogP contribution in [0, 0.1) is 0 Å². The fraction of sp³-hybridized carbons (Fsp3) is 0.0370. The Morgan fingerprint density at radius 1 is 0.742 bits per heavy atom. The van der Waals surface area contributed by atoms with Crippen LogP contribution >= 0.6 is 0 Å². The molecule has 0 spiro atoms. The number of nitrogens with zero attached hydrogens (tertiary/aromatic N) is 1. The molecule has 0 radical (unpaired) electrons. The van der Waals surface area contributed by atoms with Crippen LogP contribution in [-0.4, -0.2) is 18.7 Å². The lowest BCUT2D eigenvalue weighted by Crippen LogP contribution is -2.24. The number of nitrogens with one attached hydrogen (secondary N) is 1. The van der Waals surface area contributed by atoms with E-state index in [9.17, 15) is 4.79 Å². The highest BCUT2D eigenvalue weighted by molar-refractivity contribution is 6.13. The molecule has 150 valence electrons. The summed E-state index contributed by atoms with van der Waals surface area (Å²) in [5.41, 5.74) is 3.56. The number of hydrazone groups is 1. The monoisotopic (exact) mass is 404 g/mol. The van der Waals surface area contributed by atoms with Gasteiger partial charge in [-0.05, 0) is 39.1 Å². The van der Waals surface area contributed by atoms with Crippen molar-refractivity contribution in [1.29, 1.82) is 0 Å². The molecule has 0 fully saturated rings. The Kier molecular flexibility index (Phi) is 5.03. The SMILES string of the molecule is O=C(COc1cccc2ccccc12)NN=Cc1c2ccccc2cc2ccccc12. The normalized spacial score (nSPS) is 11.4. The van der Waals surface area contributed by atoms with E-state index in [2.05, 4.69) is 40.9 Å². The van der Waals surface area contributed by atoms with Crippen LogP contribution in [0.15, 0.2) is 102 Å². The molecule has 0 unspecified atom stereocenters. The summed E-state index contributed by atoms with van der Waals surface area (Å²) in [6, 6.07) is 32.2. The van der Waals surface area contributed by atoms with Crippen molar-refractivity contribution >= 4 is 44.4 Å². The van der Waals surface area contributed by atoms with Gasteiger partial charge in [-0.3, -0.25) is 4.79 Å². The maximum absolute atomic E-state index is 12.3. The number of amides is 1. The highest BCUT2D eigenvalue weighted by atomic mass is 16.5. The maximum Gasteiger partial charge on any atom is 0.277 e. The van der Waals surface area contributed by atoms with Gasteiger partial charge in [0.2, 0.25) is 0 Å². The molecule has 0 atom stereocenters. The second-order valence-electron chi connectivity index (χ2n) is 7.29. The van der Waals surface area contributed by atoms with Gasteiger partial charge in [0.05, 0.1) is 6.21 Å². The van der Waals surface area contributed by atoms with Crippen LogP contribution < -0.4 is 10.2 Å². The van der Waals surface area contributed by atoms with E-state index in [-0.39, 0.29) is 12.5 Å². The number of hydrogen-bond acceptors (Lipinski definition) is 3. The van der Waals surface area contributed by atoms with Crippen LogP contribution in [0.1, 0.15) is 5.56 Å². The number of fused-ring (bicyclic) bond motifs is 3. The lowest BCUT2D eigenvalue weighted by atomic mass is 9.97. The predicted molar refractivity (Wildman–Crippen MR) is 127 cm³/mol. The largest absolute Gasteiger partial charge is 0.483 e. The van der Waals surface area contributed by atoms with Gasteiger partial charge in [0.25, 0.3) is 5.91 Å². The van der Waals surface area contributed by atoms with Gasteiger partial charge in [-0.1, -0.05) is 84.9 Å². The minimum Gasteiger partial charge on any atom is -0.483 e. The fourth-order valence-electron chi connectivity index (χ4n) is 3.85. The fourth-order valence-corrected chi connectivity index (χ4v) is 3.85. The molecule has 0 saturated carbocycles. The average molecular weight is 404 g/mol. The third kappa shape index (κ3) is 3.83. The molecule has 5 aromatic carbocycles. The van der Waals surface area contributed by atoms with Crippen LogP contribution in [0.4, 0.5) is 0 Å². The molecule has 0 aliphatic rings. The van der Waals surface area contributed by atoms with E-state index in [1.54, 1.807) is 6.21 Å². The number of carbonyl (C=O) groups is 1. The highest BCUT2D eigenvalue weighted by Crippen LogP contribution is 2.27. The van der Waals surface area contributed by atoms with Gasteiger partial charge in [-0.15, -0.1) is 0 Å². The second-order valence-corrected chi connectivity index (χ2v) is 7.29. The number of ether oxygens (including phenoxy) is 1. The summed E-state index contributed by atoms with van der Waals surface area (Å²) in [5, 5.41) is 10.7. The van der Waals surface area contributed by atoms with Crippen molar-refractivity contribution in [2.75, 3.05) is 6.61 Å². The average Bonchev–Trinajstić information content (AvgIpc) is 2.82. The molecule has 0 heterocycles. The summed E-state index contributed by atoms with van der Waals surface area (Å²) < 4.78 is 5.74. The Labute approximate surface area is 179 Å². The Morgan fingerprint density at radius 2 is 1.32 bits per heavy atom. The first-order valence-corrected chi connectivity index (χ1v) is 10.1. The molecule has 4 nitrogen and oxygen atoms in total. The molecule has 5 aromatic rings. The molecule has 0 bridgehead atoms. The molecular formula is C27H20N2O2. The van der Waals surface area contributed by atoms with Crippen molar-refractivity contribution in [3.05, 3.63) is 103 Å². The minimum absolute atomic E-state index is 0.109. The molecule has 1 N–H and O–H groups in total. The molecule has 0 saturated heterocycles. The zero-order chi connectivity index (χ0) is 21.0. The van der Waals surface area contributed by atoms with Crippen molar-refractivity contribution in [1.82, 2.24) is 5.43 Å². The number of carbonyl (C=O) groups excluding carboxylic acids is 1. The highest BCUT2D eigenvalue weighted by Gasteiger charge is 2.07. The van der Waals surface area contributed by atoms with Crippen LogP contribution in [0.3, 0.4) is 0 Å². The third-order valence-corrected chi connectivity index (χ3v) is 5.30. The van der Waals surface area contributed by atoms with Crippen molar-refractivity contribution in [3.63, 3.8) is 0 Å². The first-order chi connectivity index (χ1) is 15.3. The zero-order valence-electron chi connectivity index (χ0n) is 16.8. The summed E-state index contributed by atoms with van der Waals surface area (Å²) in [5.74, 6) is 0.367. The number of rotatable bonds is 5. The molecule has 0 aromatic heterocycles. The smallest absolute Gasteiger partial charge is 0.277 e. The Hall–Kier alpha value is -4.18. The van der Waals surface area contributed by atoms with E-state index in [1.807, 2.05) is 66.7 Å². The lowest BCUT2D eigenvalue weighted by Gasteiger charge is -2.09. The van der Waals surface area contributed by atoms with Crippen LogP contribution in [0.25, 0.3) is 32.3 Å². The Bertz CT molecular complexity index is 1380. The van der Waals surface area contributed by atoms with E-state index in [4.69, 9.17) is 4.74 Å². The lowest BCUT2D eigenvalue weighted by molar-refractivity contribution is -0.123. The van der Waals surface area contributed by atoms with E-state index >= 15 is 0 Å². The Morgan fingerprint density at radius 3 is 2.03 bits per heavy atom. The second kappa shape index (κ2) is 8.28. The quantitative estimate of drug-likeness (QED) is 0.233. The summed E-state index contributed by atoms with van der Waals surface area (Å²) in [6.45, 7) is -0.109. The van der Waals surface area contributed by atoms with Crippen LogP contribution in [0.5, 0.6) is 5.75 Å². The molecule has 0 aliphatic carbocycles. The first kappa shape index (κ1) is 18.8. The standard InChI is InChI=1S/C27H20N2O2/c30-27(18-31-26-15-7-11-19-8-1-6-14-24(19)26)29-28-17-25-22-12-4-2-9-20(22)16-21-10-3-5-13-23(21)25/h1-17H,18H2,(H,29,30). The minimum atomic E-state index is -0.311. The summed E-state index contributed by atoms with van der Waals surface area (Å²) in [6.07, 6.45) is 1.71. The van der Waals surface area contributed by atoms with Gasteiger partial charge in [-0.25, -0.2) is 5.43 Å². The van der Waals surface area contributed by atoms with Crippen LogP contribution in [-0.2, 0) is 4.79 Å². The topological polar surface area (TPSA) is 50.7 Å².